The molecule has 28 heavy (non-hydrogen) atoms. The number of amides is 1. The number of phenols is 1. The van der Waals surface area contributed by atoms with Gasteiger partial charge in [-0.3, -0.25) is 4.79 Å². The molecule has 6 nitrogen and oxygen atoms in total. The van der Waals surface area contributed by atoms with Crippen LogP contribution < -0.4 is 20.1 Å². The van der Waals surface area contributed by atoms with E-state index >= 15 is 0 Å². The molecule has 4 saturated carbocycles. The van der Waals surface area contributed by atoms with E-state index in [1.165, 1.54) is 19.3 Å². The van der Waals surface area contributed by atoms with Crippen molar-refractivity contribution in [3.63, 3.8) is 0 Å². The predicted molar refractivity (Wildman–Crippen MR) is 105 cm³/mol. The summed E-state index contributed by atoms with van der Waals surface area (Å²) in [5, 5.41) is 16.3. The van der Waals surface area contributed by atoms with Gasteiger partial charge in [0.25, 0.3) is 0 Å². The Morgan fingerprint density at radius 2 is 1.82 bits per heavy atom. The molecule has 1 aromatic carbocycles. The Kier molecular flexibility index (Phi) is 4.62. The zero-order valence-electron chi connectivity index (χ0n) is 16.3. The summed E-state index contributed by atoms with van der Waals surface area (Å²) in [6, 6.07) is 5.13. The van der Waals surface area contributed by atoms with E-state index in [0.29, 0.717) is 37.7 Å². The van der Waals surface area contributed by atoms with Crippen molar-refractivity contribution in [1.29, 1.82) is 0 Å². The third-order valence-electron chi connectivity index (χ3n) is 7.14. The lowest BCUT2D eigenvalue weighted by atomic mass is 9.49. The van der Waals surface area contributed by atoms with Crippen LogP contribution in [-0.4, -0.2) is 43.4 Å². The number of carbonyl (C=O) groups is 1. The lowest BCUT2D eigenvalue weighted by molar-refractivity contribution is -0.146. The zero-order valence-corrected chi connectivity index (χ0v) is 16.3. The molecule has 1 aromatic rings. The van der Waals surface area contributed by atoms with Crippen molar-refractivity contribution in [3.05, 3.63) is 18.2 Å². The van der Waals surface area contributed by atoms with Crippen molar-refractivity contribution in [1.82, 2.24) is 10.6 Å². The highest BCUT2D eigenvalue weighted by atomic mass is 16.6. The van der Waals surface area contributed by atoms with Crippen LogP contribution in [0.1, 0.15) is 38.5 Å². The molecule has 4 bridgehead atoms. The van der Waals surface area contributed by atoms with Gasteiger partial charge < -0.3 is 25.2 Å². The van der Waals surface area contributed by atoms with Gasteiger partial charge in [0.05, 0.1) is 0 Å². The van der Waals surface area contributed by atoms with Crippen LogP contribution in [0.25, 0.3) is 0 Å². The summed E-state index contributed by atoms with van der Waals surface area (Å²) in [6.45, 7) is 2.40. The SMILES string of the molecule is O=C(NCCNCC1COc2c(O)cccc2O1)C12CC3CC(CC(C3)C1)C2. The van der Waals surface area contributed by atoms with Crippen LogP contribution in [0, 0.1) is 23.2 Å². The van der Waals surface area contributed by atoms with Crippen LogP contribution in [0.3, 0.4) is 0 Å². The number of rotatable bonds is 6. The molecule has 0 spiro atoms. The van der Waals surface area contributed by atoms with Gasteiger partial charge in [-0.15, -0.1) is 0 Å². The van der Waals surface area contributed by atoms with Gasteiger partial charge in [-0.05, 0) is 68.4 Å². The molecular formula is C22H30N2O4. The van der Waals surface area contributed by atoms with Crippen LogP contribution in [-0.2, 0) is 4.79 Å². The average molecular weight is 386 g/mol. The van der Waals surface area contributed by atoms with E-state index in [4.69, 9.17) is 9.47 Å². The predicted octanol–water partition coefficient (Wildman–Crippen LogP) is 2.45. The second-order valence-electron chi connectivity index (χ2n) is 9.31. The Bertz CT molecular complexity index is 715. The molecular weight excluding hydrogens is 356 g/mol. The number of hydrogen-bond acceptors (Lipinski definition) is 5. The number of phenolic OH excluding ortho intramolecular Hbond substituents is 1. The topological polar surface area (TPSA) is 79.8 Å². The molecule has 1 heterocycles. The van der Waals surface area contributed by atoms with Crippen molar-refractivity contribution in [2.24, 2.45) is 23.2 Å². The second kappa shape index (κ2) is 7.14. The highest BCUT2D eigenvalue weighted by Crippen LogP contribution is 2.60. The first kappa shape index (κ1) is 18.1. The zero-order chi connectivity index (χ0) is 19.1. The lowest BCUT2D eigenvalue weighted by Crippen LogP contribution is -2.54. The summed E-state index contributed by atoms with van der Waals surface area (Å²) in [4.78, 5) is 12.9. The van der Waals surface area contributed by atoms with Crippen molar-refractivity contribution in [2.45, 2.75) is 44.6 Å². The summed E-state index contributed by atoms with van der Waals surface area (Å²) in [6.07, 6.45) is 7.30. The number of aromatic hydroxyl groups is 1. The fraction of sp³-hybridized carbons (Fsp3) is 0.682. The molecule has 6 rings (SSSR count). The molecule has 1 atom stereocenters. The normalized spacial score (nSPS) is 35.0. The number of nitrogens with one attached hydrogen (secondary N) is 2. The Labute approximate surface area is 166 Å². The van der Waals surface area contributed by atoms with Crippen molar-refractivity contribution >= 4 is 5.91 Å². The van der Waals surface area contributed by atoms with E-state index in [0.717, 1.165) is 37.0 Å². The lowest BCUT2D eigenvalue weighted by Gasteiger charge is -2.55. The molecule has 1 unspecified atom stereocenters. The molecule has 0 aromatic heterocycles. The van der Waals surface area contributed by atoms with Gasteiger partial charge in [0.15, 0.2) is 11.5 Å². The van der Waals surface area contributed by atoms with Gasteiger partial charge in [-0.2, -0.15) is 0 Å². The fourth-order valence-corrected chi connectivity index (χ4v) is 6.34. The van der Waals surface area contributed by atoms with Crippen molar-refractivity contribution in [3.8, 4) is 17.2 Å². The van der Waals surface area contributed by atoms with E-state index < -0.39 is 0 Å². The second-order valence-corrected chi connectivity index (χ2v) is 9.31. The summed E-state index contributed by atoms with van der Waals surface area (Å²) >= 11 is 0. The van der Waals surface area contributed by atoms with Gasteiger partial charge in [-0.1, -0.05) is 6.07 Å². The van der Waals surface area contributed by atoms with Gasteiger partial charge in [0, 0.05) is 25.0 Å². The van der Waals surface area contributed by atoms with Gasteiger partial charge in [-0.25, -0.2) is 0 Å². The Morgan fingerprint density at radius 3 is 2.54 bits per heavy atom. The Hall–Kier alpha value is -1.95. The van der Waals surface area contributed by atoms with Gasteiger partial charge >= 0.3 is 0 Å². The maximum Gasteiger partial charge on any atom is 0.226 e. The molecule has 4 aliphatic carbocycles. The maximum absolute atomic E-state index is 12.9. The fourth-order valence-electron chi connectivity index (χ4n) is 6.34. The molecule has 1 amide bonds. The van der Waals surface area contributed by atoms with Crippen LogP contribution in [0.15, 0.2) is 18.2 Å². The number of carbonyl (C=O) groups excluding carboxylic acids is 1. The van der Waals surface area contributed by atoms with Crippen LogP contribution in [0.5, 0.6) is 17.2 Å². The van der Waals surface area contributed by atoms with Crippen molar-refractivity contribution in [2.75, 3.05) is 26.2 Å². The highest BCUT2D eigenvalue weighted by molar-refractivity contribution is 5.83. The number of benzene rings is 1. The van der Waals surface area contributed by atoms with Crippen LogP contribution in [0.2, 0.25) is 0 Å². The number of para-hydroxylation sites is 1. The first-order chi connectivity index (χ1) is 13.6. The largest absolute Gasteiger partial charge is 0.504 e. The summed E-state index contributed by atoms with van der Waals surface area (Å²) in [5.41, 5.74) is -0.0687. The summed E-state index contributed by atoms with van der Waals surface area (Å²) in [5.74, 6) is 3.77. The van der Waals surface area contributed by atoms with E-state index in [9.17, 15) is 9.90 Å². The maximum atomic E-state index is 12.9. The summed E-state index contributed by atoms with van der Waals surface area (Å²) < 4.78 is 11.5. The van der Waals surface area contributed by atoms with Crippen LogP contribution >= 0.6 is 0 Å². The molecule has 6 heteroatoms. The van der Waals surface area contributed by atoms with E-state index in [1.54, 1.807) is 18.2 Å². The first-order valence-corrected chi connectivity index (χ1v) is 10.7. The van der Waals surface area contributed by atoms with E-state index in [-0.39, 0.29) is 23.2 Å². The molecule has 0 radical (unpaired) electrons. The molecule has 0 saturated heterocycles. The number of ether oxygens (including phenoxy) is 2. The monoisotopic (exact) mass is 386 g/mol. The molecule has 3 N–H and O–H groups in total. The van der Waals surface area contributed by atoms with Crippen LogP contribution in [0.4, 0.5) is 0 Å². The Morgan fingerprint density at radius 1 is 1.11 bits per heavy atom. The minimum absolute atomic E-state index is 0.0687. The Balaban J connectivity index is 1.05. The summed E-state index contributed by atoms with van der Waals surface area (Å²) in [7, 11) is 0. The quantitative estimate of drug-likeness (QED) is 0.655. The molecule has 152 valence electrons. The van der Waals surface area contributed by atoms with E-state index in [1.807, 2.05) is 0 Å². The number of fused-ring (bicyclic) bond motifs is 1. The molecule has 5 aliphatic rings. The first-order valence-electron chi connectivity index (χ1n) is 10.7. The standard InChI is InChI=1S/C22H30N2O4/c25-18-2-1-3-19-20(18)27-13-17(28-19)12-23-4-5-24-21(26)22-9-14-6-15(10-22)8-16(7-14)11-22/h1-3,14-17,23,25H,4-13H2,(H,24,26). The average Bonchev–Trinajstić information content (AvgIpc) is 2.66. The number of hydrogen-bond donors (Lipinski definition) is 3. The van der Waals surface area contributed by atoms with Gasteiger partial charge in [0.2, 0.25) is 11.7 Å². The third kappa shape index (κ3) is 3.32. The van der Waals surface area contributed by atoms with Crippen molar-refractivity contribution < 1.29 is 19.4 Å². The molecule has 1 aliphatic heterocycles. The minimum Gasteiger partial charge on any atom is -0.504 e. The molecule has 4 fully saturated rings. The van der Waals surface area contributed by atoms with E-state index in [2.05, 4.69) is 10.6 Å². The van der Waals surface area contributed by atoms with Gasteiger partial charge in [0.1, 0.15) is 12.7 Å². The smallest absolute Gasteiger partial charge is 0.226 e. The minimum atomic E-state index is -0.104. The highest BCUT2D eigenvalue weighted by Gasteiger charge is 2.54. The third-order valence-corrected chi connectivity index (χ3v) is 7.14.